The molecule has 2 aromatic rings. The van der Waals surface area contributed by atoms with Crippen molar-refractivity contribution in [2.75, 3.05) is 5.32 Å². The summed E-state index contributed by atoms with van der Waals surface area (Å²) in [5, 5.41) is 22.8. The molecule has 3 amide bonds. The molecule has 1 fully saturated rings. The number of thioether (sulfide) groups is 1. The van der Waals surface area contributed by atoms with Gasteiger partial charge in [-0.2, -0.15) is 0 Å². The van der Waals surface area contributed by atoms with Gasteiger partial charge >= 0.3 is 5.97 Å². The molecule has 0 aromatic heterocycles. The molecule has 0 spiro atoms. The monoisotopic (exact) mass is 384 g/mol. The molecule has 0 radical (unpaired) electrons. The first-order valence-corrected chi connectivity index (χ1v) is 8.38. The number of rotatable bonds is 4. The molecular formula is C18H12N2O6S. The van der Waals surface area contributed by atoms with Crippen LogP contribution in [0.15, 0.2) is 47.4 Å². The van der Waals surface area contributed by atoms with Crippen LogP contribution in [-0.4, -0.2) is 33.2 Å². The highest BCUT2D eigenvalue weighted by atomic mass is 32.2. The van der Waals surface area contributed by atoms with Gasteiger partial charge in [-0.1, -0.05) is 12.1 Å². The van der Waals surface area contributed by atoms with Crippen molar-refractivity contribution in [2.45, 2.75) is 0 Å². The van der Waals surface area contributed by atoms with Gasteiger partial charge in [0, 0.05) is 17.3 Å². The molecule has 3 rings (SSSR count). The maximum absolute atomic E-state index is 12.3. The molecule has 1 aliphatic rings. The third-order valence-electron chi connectivity index (χ3n) is 3.60. The van der Waals surface area contributed by atoms with Crippen molar-refractivity contribution < 1.29 is 29.4 Å². The molecule has 0 saturated carbocycles. The Morgan fingerprint density at radius 3 is 2.33 bits per heavy atom. The third-order valence-corrected chi connectivity index (χ3v) is 4.41. The Morgan fingerprint density at radius 1 is 1.07 bits per heavy atom. The van der Waals surface area contributed by atoms with Crippen molar-refractivity contribution in [3.05, 3.63) is 64.1 Å². The molecule has 1 heterocycles. The van der Waals surface area contributed by atoms with E-state index in [1.807, 2.05) is 0 Å². The zero-order valence-corrected chi connectivity index (χ0v) is 14.4. The second-order valence-corrected chi connectivity index (χ2v) is 6.48. The maximum atomic E-state index is 12.3. The Bertz CT molecular complexity index is 997. The van der Waals surface area contributed by atoms with Crippen LogP contribution in [0.3, 0.4) is 0 Å². The van der Waals surface area contributed by atoms with Gasteiger partial charge in [0.05, 0.1) is 4.91 Å². The van der Waals surface area contributed by atoms with E-state index in [2.05, 4.69) is 10.6 Å². The lowest BCUT2D eigenvalue weighted by molar-refractivity contribution is -0.115. The molecule has 8 nitrogen and oxygen atoms in total. The smallest absolute Gasteiger partial charge is 0.339 e. The minimum atomic E-state index is -1.27. The van der Waals surface area contributed by atoms with Gasteiger partial charge in [-0.05, 0) is 47.7 Å². The number of imide groups is 1. The number of hydrogen-bond donors (Lipinski definition) is 4. The molecule has 4 N–H and O–H groups in total. The number of carbonyl (C=O) groups excluding carboxylic acids is 3. The summed E-state index contributed by atoms with van der Waals surface area (Å²) in [7, 11) is 0. The van der Waals surface area contributed by atoms with Crippen LogP contribution < -0.4 is 10.6 Å². The fraction of sp³-hybridized carbons (Fsp3) is 0. The fourth-order valence-corrected chi connectivity index (χ4v) is 2.98. The van der Waals surface area contributed by atoms with Crippen molar-refractivity contribution in [3.63, 3.8) is 0 Å². The van der Waals surface area contributed by atoms with Gasteiger partial charge in [0.1, 0.15) is 11.3 Å². The first kappa shape index (κ1) is 18.2. The molecule has 9 heteroatoms. The van der Waals surface area contributed by atoms with E-state index in [1.54, 1.807) is 12.1 Å². The summed E-state index contributed by atoms with van der Waals surface area (Å²) >= 11 is 0.802. The number of amides is 3. The summed E-state index contributed by atoms with van der Waals surface area (Å²) in [4.78, 5) is 46.1. The van der Waals surface area contributed by atoms with Crippen LogP contribution in [0.2, 0.25) is 0 Å². The van der Waals surface area contributed by atoms with Crippen molar-refractivity contribution in [2.24, 2.45) is 0 Å². The second-order valence-electron chi connectivity index (χ2n) is 5.47. The molecule has 0 unspecified atom stereocenters. The van der Waals surface area contributed by atoms with E-state index in [4.69, 9.17) is 5.11 Å². The number of aromatic carboxylic acids is 1. The Kier molecular flexibility index (Phi) is 4.95. The summed E-state index contributed by atoms with van der Waals surface area (Å²) < 4.78 is 0. The van der Waals surface area contributed by atoms with E-state index in [1.165, 1.54) is 30.3 Å². The van der Waals surface area contributed by atoms with Crippen LogP contribution in [0.5, 0.6) is 5.75 Å². The van der Waals surface area contributed by atoms with E-state index >= 15 is 0 Å². The average molecular weight is 384 g/mol. The lowest BCUT2D eigenvalue weighted by Crippen LogP contribution is -2.17. The zero-order valence-electron chi connectivity index (χ0n) is 13.6. The van der Waals surface area contributed by atoms with Crippen LogP contribution in [0, 0.1) is 0 Å². The van der Waals surface area contributed by atoms with Crippen LogP contribution >= 0.6 is 11.8 Å². The lowest BCUT2D eigenvalue weighted by atomic mass is 10.1. The van der Waals surface area contributed by atoms with Crippen molar-refractivity contribution in [3.8, 4) is 5.75 Å². The lowest BCUT2D eigenvalue weighted by Gasteiger charge is -2.07. The number of benzene rings is 2. The molecule has 1 aliphatic heterocycles. The highest BCUT2D eigenvalue weighted by Crippen LogP contribution is 2.26. The van der Waals surface area contributed by atoms with E-state index < -0.39 is 28.8 Å². The number of aromatic hydroxyl groups is 1. The molecular weight excluding hydrogens is 372 g/mol. The second kappa shape index (κ2) is 7.34. The minimum Gasteiger partial charge on any atom is -0.507 e. The van der Waals surface area contributed by atoms with Gasteiger partial charge in [-0.25, -0.2) is 4.79 Å². The standard InChI is InChI=1S/C18H12N2O6S/c21-13-8-11(5-6-12(13)17(24)25)19-15(22)10-3-1-9(2-4-10)7-14-16(23)20-18(26)27-14/h1-8,21H,(H,19,22)(H,24,25)(H,20,23,26). The molecule has 0 aliphatic carbocycles. The van der Waals surface area contributed by atoms with Crippen molar-refractivity contribution >= 4 is 46.5 Å². The molecule has 0 bridgehead atoms. The predicted octanol–water partition coefficient (Wildman–Crippen LogP) is 2.67. The summed E-state index contributed by atoms with van der Waals surface area (Å²) in [6, 6.07) is 10.0. The SMILES string of the molecule is O=C1NC(=O)C(=Cc2ccc(C(=O)Nc3ccc(C(=O)O)c(O)c3)cc2)S1. The minimum absolute atomic E-state index is 0.242. The van der Waals surface area contributed by atoms with Crippen LogP contribution in [0.25, 0.3) is 6.08 Å². The van der Waals surface area contributed by atoms with E-state index in [-0.39, 0.29) is 16.2 Å². The van der Waals surface area contributed by atoms with Gasteiger partial charge in [-0.15, -0.1) is 0 Å². The van der Waals surface area contributed by atoms with Crippen LogP contribution in [0.4, 0.5) is 10.5 Å². The van der Waals surface area contributed by atoms with Gasteiger partial charge < -0.3 is 15.5 Å². The number of nitrogens with one attached hydrogen (secondary N) is 2. The van der Waals surface area contributed by atoms with Crippen LogP contribution in [-0.2, 0) is 4.79 Å². The number of carboxylic acids is 1. The Morgan fingerprint density at radius 2 is 1.78 bits per heavy atom. The molecule has 0 atom stereocenters. The quantitative estimate of drug-likeness (QED) is 0.596. The average Bonchev–Trinajstić information content (AvgIpc) is 2.92. The number of anilines is 1. The van der Waals surface area contributed by atoms with Gasteiger partial charge in [0.15, 0.2) is 0 Å². The maximum Gasteiger partial charge on any atom is 0.339 e. The summed E-state index contributed by atoms with van der Waals surface area (Å²) in [5.74, 6) is -2.65. The molecule has 2 aromatic carbocycles. The highest BCUT2D eigenvalue weighted by molar-refractivity contribution is 8.18. The van der Waals surface area contributed by atoms with E-state index in [0.29, 0.717) is 11.1 Å². The van der Waals surface area contributed by atoms with Crippen molar-refractivity contribution in [1.29, 1.82) is 0 Å². The zero-order chi connectivity index (χ0) is 19.6. The van der Waals surface area contributed by atoms with Crippen LogP contribution in [0.1, 0.15) is 26.3 Å². The van der Waals surface area contributed by atoms with Gasteiger partial charge in [0.25, 0.3) is 17.1 Å². The predicted molar refractivity (Wildman–Crippen MR) is 98.6 cm³/mol. The fourth-order valence-electron chi connectivity index (χ4n) is 2.30. The van der Waals surface area contributed by atoms with Gasteiger partial charge in [-0.3, -0.25) is 19.7 Å². The Balaban J connectivity index is 1.72. The van der Waals surface area contributed by atoms with E-state index in [0.717, 1.165) is 17.8 Å². The number of carboxylic acid groups (broad SMARTS) is 1. The first-order chi connectivity index (χ1) is 12.8. The Labute approximate surface area is 156 Å². The highest BCUT2D eigenvalue weighted by Gasteiger charge is 2.24. The molecule has 27 heavy (non-hydrogen) atoms. The summed E-state index contributed by atoms with van der Waals surface area (Å²) in [6.07, 6.45) is 1.54. The Hall–Kier alpha value is -3.59. The number of carbonyl (C=O) groups is 4. The summed E-state index contributed by atoms with van der Waals surface area (Å²) in [6.45, 7) is 0. The largest absolute Gasteiger partial charge is 0.507 e. The number of phenols is 1. The number of hydrogen-bond acceptors (Lipinski definition) is 6. The topological polar surface area (TPSA) is 133 Å². The summed E-state index contributed by atoms with van der Waals surface area (Å²) in [5.41, 5.74) is 0.935. The van der Waals surface area contributed by atoms with E-state index in [9.17, 15) is 24.3 Å². The normalized spacial score (nSPS) is 14.9. The third kappa shape index (κ3) is 4.15. The van der Waals surface area contributed by atoms with Gasteiger partial charge in [0.2, 0.25) is 0 Å². The molecule has 136 valence electrons. The first-order valence-electron chi connectivity index (χ1n) is 7.56. The van der Waals surface area contributed by atoms with Crippen molar-refractivity contribution in [1.82, 2.24) is 5.32 Å². The molecule has 1 saturated heterocycles.